The smallest absolute Gasteiger partial charge is 0.180 e. The molecule has 0 saturated heterocycles. The van der Waals surface area contributed by atoms with Crippen molar-refractivity contribution < 1.29 is 0 Å². The molecule has 0 aliphatic heterocycles. The van der Waals surface area contributed by atoms with Crippen LogP contribution in [0.25, 0.3) is 44.5 Å². The van der Waals surface area contributed by atoms with Gasteiger partial charge in [-0.15, -0.1) is 0 Å². The lowest BCUT2D eigenvalue weighted by Gasteiger charge is -1.93. The van der Waals surface area contributed by atoms with Gasteiger partial charge >= 0.3 is 0 Å². The fourth-order valence-corrected chi connectivity index (χ4v) is 4.50. The first-order valence-corrected chi connectivity index (χ1v) is 13.8. The molecule has 0 amide bonds. The second-order valence-corrected chi connectivity index (χ2v) is 10.0. The molecule has 8 heterocycles. The van der Waals surface area contributed by atoms with E-state index >= 15 is 0 Å². The number of imidazole rings is 3. The average molecular weight is 607 g/mol. The number of aryl methyl sites for hydroxylation is 8. The highest BCUT2D eigenvalue weighted by Crippen LogP contribution is 2.13. The molecule has 0 saturated carbocycles. The molecule has 0 unspecified atom stereocenters. The molecule has 8 aromatic heterocycles. The van der Waals surface area contributed by atoms with E-state index in [-0.39, 0.29) is 7.43 Å². The Morgan fingerprint density at radius 2 is 1.16 bits per heavy atom. The van der Waals surface area contributed by atoms with Crippen LogP contribution >= 0.6 is 0 Å². The maximum Gasteiger partial charge on any atom is 0.180 e. The minimum Gasteiger partial charge on any atom is -0.330 e. The van der Waals surface area contributed by atoms with E-state index < -0.39 is 0 Å². The molecule has 0 N–H and O–H groups in total. The summed E-state index contributed by atoms with van der Waals surface area (Å²) in [5.41, 5.74) is 8.47. The minimum atomic E-state index is 0. The van der Waals surface area contributed by atoms with Gasteiger partial charge in [0.2, 0.25) is 0 Å². The average Bonchev–Trinajstić information content (AvgIpc) is 3.71. The Labute approximate surface area is 260 Å². The molecular weight excluding hydrogens is 568 g/mol. The van der Waals surface area contributed by atoms with Gasteiger partial charge in [0, 0.05) is 40.6 Å². The minimum absolute atomic E-state index is 0. The lowest BCUT2D eigenvalue weighted by Crippen LogP contribution is -1.91. The van der Waals surface area contributed by atoms with Crippen LogP contribution in [0.15, 0.2) is 61.7 Å². The van der Waals surface area contributed by atoms with Crippen LogP contribution in [0.5, 0.6) is 0 Å². The molecule has 8 rings (SSSR count). The van der Waals surface area contributed by atoms with Gasteiger partial charge < -0.3 is 13.7 Å². The van der Waals surface area contributed by atoms with Gasteiger partial charge in [-0.25, -0.2) is 39.9 Å². The van der Waals surface area contributed by atoms with E-state index in [0.29, 0.717) is 0 Å². The molecule has 0 radical (unpaired) electrons. The first-order valence-electron chi connectivity index (χ1n) is 13.8. The van der Waals surface area contributed by atoms with Crippen LogP contribution in [-0.4, -0.2) is 68.3 Å². The number of hydrogen-bond donors (Lipinski definition) is 0. The van der Waals surface area contributed by atoms with Crippen molar-refractivity contribution in [3.63, 3.8) is 0 Å². The van der Waals surface area contributed by atoms with Gasteiger partial charge in [-0.05, 0) is 52.0 Å². The summed E-state index contributed by atoms with van der Waals surface area (Å²) in [6, 6.07) is 7.87. The molecule has 0 bridgehead atoms. The monoisotopic (exact) mass is 606 g/mol. The SMILES string of the molecule is C.Cc1nc2cncnc2n1C.Cc1nc2ncccc2n1C.Cc1nc2ncncc2n1C.Cc1nn(C)c2cccnc12. The molecule has 0 aromatic carbocycles. The Balaban J connectivity index is 0.000000136. The summed E-state index contributed by atoms with van der Waals surface area (Å²) in [6.07, 6.45) is 10.1. The van der Waals surface area contributed by atoms with Gasteiger partial charge in [0.25, 0.3) is 0 Å². The second kappa shape index (κ2) is 13.8. The maximum absolute atomic E-state index is 4.26. The predicted octanol–water partition coefficient (Wildman–Crippen LogP) is 4.53. The van der Waals surface area contributed by atoms with E-state index in [9.17, 15) is 0 Å². The lowest BCUT2D eigenvalue weighted by molar-refractivity contribution is 0.783. The number of rotatable bonds is 0. The van der Waals surface area contributed by atoms with Crippen LogP contribution in [0.4, 0.5) is 0 Å². The molecule has 0 spiro atoms. The standard InChI is InChI=1S/2C8H9N3.2C7H8N4.CH4/c1-6-10-8-7(11(6)2)4-3-5-9-8;1-6-8-7(11(2)10-6)4-3-5-9-8;1-5-10-7-6(11(5)2)3-8-4-9-7;1-5-10-6-3-8-4-9-7(6)11(5)2;/h2*3-5H,1-2H3;2*3-4H,1-2H3;1H4. The molecule has 0 fully saturated rings. The van der Waals surface area contributed by atoms with E-state index in [1.54, 1.807) is 24.8 Å². The van der Waals surface area contributed by atoms with Gasteiger partial charge in [-0.2, -0.15) is 5.10 Å². The van der Waals surface area contributed by atoms with E-state index in [2.05, 4.69) is 50.0 Å². The normalized spacial score (nSPS) is 10.5. The second-order valence-electron chi connectivity index (χ2n) is 10.0. The fourth-order valence-electron chi connectivity index (χ4n) is 4.50. The highest BCUT2D eigenvalue weighted by Gasteiger charge is 2.05. The van der Waals surface area contributed by atoms with Crippen molar-refractivity contribution in [3.05, 3.63) is 84.9 Å². The van der Waals surface area contributed by atoms with Crippen LogP contribution in [0.3, 0.4) is 0 Å². The van der Waals surface area contributed by atoms with Crippen molar-refractivity contribution >= 4 is 44.5 Å². The summed E-state index contributed by atoms with van der Waals surface area (Å²) in [6.45, 7) is 7.83. The quantitative estimate of drug-likeness (QED) is 0.241. The summed E-state index contributed by atoms with van der Waals surface area (Å²) in [4.78, 5) is 37.0. The van der Waals surface area contributed by atoms with Crippen molar-refractivity contribution in [1.29, 1.82) is 0 Å². The topological polar surface area (TPSA) is 149 Å². The first kappa shape index (κ1) is 32.3. The van der Waals surface area contributed by atoms with E-state index in [0.717, 1.165) is 67.7 Å². The summed E-state index contributed by atoms with van der Waals surface area (Å²) >= 11 is 0. The number of aromatic nitrogens is 14. The van der Waals surface area contributed by atoms with Crippen LogP contribution in [-0.2, 0) is 28.2 Å². The highest BCUT2D eigenvalue weighted by molar-refractivity contribution is 5.76. The Morgan fingerprint density at radius 1 is 0.578 bits per heavy atom. The van der Waals surface area contributed by atoms with Gasteiger partial charge in [-0.3, -0.25) is 9.67 Å². The molecule has 8 aromatic rings. The largest absolute Gasteiger partial charge is 0.330 e. The number of hydrogen-bond acceptors (Lipinski definition) is 10. The van der Waals surface area contributed by atoms with Crippen LogP contribution in [0.1, 0.15) is 30.6 Å². The molecule has 232 valence electrons. The summed E-state index contributed by atoms with van der Waals surface area (Å²) in [7, 11) is 7.81. The highest BCUT2D eigenvalue weighted by atomic mass is 15.3. The maximum atomic E-state index is 4.26. The Morgan fingerprint density at radius 3 is 1.80 bits per heavy atom. The van der Waals surface area contributed by atoms with Crippen LogP contribution < -0.4 is 0 Å². The van der Waals surface area contributed by atoms with Gasteiger partial charge in [-0.1, -0.05) is 7.43 Å². The lowest BCUT2D eigenvalue weighted by atomic mass is 10.3. The van der Waals surface area contributed by atoms with Crippen molar-refractivity contribution in [1.82, 2.24) is 68.3 Å². The van der Waals surface area contributed by atoms with Crippen LogP contribution in [0, 0.1) is 27.7 Å². The molecule has 0 aliphatic carbocycles. The number of pyridine rings is 2. The summed E-state index contributed by atoms with van der Waals surface area (Å²) < 4.78 is 7.78. The zero-order valence-corrected chi connectivity index (χ0v) is 26.0. The van der Waals surface area contributed by atoms with E-state index in [1.807, 2.05) is 98.5 Å². The number of nitrogens with zero attached hydrogens (tertiary/aromatic N) is 14. The molecule has 14 nitrogen and oxygen atoms in total. The zero-order valence-electron chi connectivity index (χ0n) is 26.0. The zero-order chi connectivity index (χ0) is 31.4. The molecular formula is C31H38N14. The van der Waals surface area contributed by atoms with Gasteiger partial charge in [0.1, 0.15) is 46.7 Å². The Kier molecular flexibility index (Phi) is 9.86. The van der Waals surface area contributed by atoms with Crippen molar-refractivity contribution in [2.45, 2.75) is 35.1 Å². The number of fused-ring (bicyclic) bond motifs is 4. The predicted molar refractivity (Wildman–Crippen MR) is 175 cm³/mol. The van der Waals surface area contributed by atoms with Crippen molar-refractivity contribution in [2.75, 3.05) is 0 Å². The van der Waals surface area contributed by atoms with Gasteiger partial charge in [0.05, 0.1) is 29.1 Å². The van der Waals surface area contributed by atoms with Crippen molar-refractivity contribution in [3.8, 4) is 0 Å². The molecule has 0 atom stereocenters. The molecule has 0 aliphatic rings. The Bertz CT molecular complexity index is 1950. The third-order valence-corrected chi connectivity index (χ3v) is 7.20. The third kappa shape index (κ3) is 6.79. The van der Waals surface area contributed by atoms with Crippen molar-refractivity contribution in [2.24, 2.45) is 28.2 Å². The fraction of sp³-hybridized carbons (Fsp3) is 0.290. The third-order valence-electron chi connectivity index (χ3n) is 7.20. The van der Waals surface area contributed by atoms with Crippen LogP contribution in [0.2, 0.25) is 0 Å². The molecule has 45 heavy (non-hydrogen) atoms. The van der Waals surface area contributed by atoms with E-state index in [4.69, 9.17) is 0 Å². The van der Waals surface area contributed by atoms with E-state index in [1.165, 1.54) is 12.7 Å². The summed E-state index contributed by atoms with van der Waals surface area (Å²) in [5.74, 6) is 2.92. The summed E-state index contributed by atoms with van der Waals surface area (Å²) in [5, 5.41) is 4.24. The molecule has 14 heteroatoms. The Hall–Kier alpha value is -5.66. The first-order chi connectivity index (χ1) is 21.2. The van der Waals surface area contributed by atoms with Gasteiger partial charge in [0.15, 0.2) is 16.9 Å².